The monoisotopic (exact) mass is 189 g/mol. The van der Waals surface area contributed by atoms with Gasteiger partial charge in [-0.25, -0.2) is 0 Å². The van der Waals surface area contributed by atoms with Gasteiger partial charge in [-0.1, -0.05) is 0 Å². The molecule has 0 saturated heterocycles. The van der Waals surface area contributed by atoms with Crippen LogP contribution in [0.3, 0.4) is 0 Å². The normalized spacial score (nSPS) is 23.7. The van der Waals surface area contributed by atoms with Gasteiger partial charge in [0.05, 0.1) is 0 Å². The predicted molar refractivity (Wildman–Crippen MR) is 38.6 cm³/mol. The Morgan fingerprint density at radius 3 is 1.73 bits per heavy atom. The van der Waals surface area contributed by atoms with Gasteiger partial charge in [0.25, 0.3) is 0 Å². The molecule has 1 aliphatic carbocycles. The third-order valence-corrected chi connectivity index (χ3v) is 2.04. The smallest absolute Gasteiger partial charge is 0.318 e. The van der Waals surface area contributed by atoms with Crippen LogP contribution in [0, 0.1) is 5.92 Å². The molecule has 0 amide bonds. The van der Waals surface area contributed by atoms with Gasteiger partial charge in [0.2, 0.25) is 0 Å². The summed E-state index contributed by atoms with van der Waals surface area (Å²) in [6.07, 6.45) is -3.01. The maximum atomic E-state index is 12.0. The van der Waals surface area contributed by atoms with Gasteiger partial charge < -0.3 is 5.73 Å². The molecule has 1 nitrogen and oxygen atoms in total. The molecule has 0 bridgehead atoms. The van der Waals surface area contributed by atoms with Crippen LogP contribution in [0.2, 0.25) is 0 Å². The number of hydrogen-bond donors (Lipinski definition) is 1. The number of nitrogens with two attached hydrogens (primary N) is 1. The van der Waals surface area contributed by atoms with Gasteiger partial charge in [-0.15, -0.1) is 12.4 Å². The van der Waals surface area contributed by atoms with E-state index in [-0.39, 0.29) is 18.3 Å². The molecule has 1 rings (SSSR count). The van der Waals surface area contributed by atoms with Crippen LogP contribution in [0.4, 0.5) is 13.2 Å². The molecule has 0 aromatic heterocycles. The standard InChI is InChI=1S/C6H10F3N.ClH/c1-5(10,4-2-3-4)6(7,8)9;/h4H,2-3,10H2,1H3;1H. The summed E-state index contributed by atoms with van der Waals surface area (Å²) in [4.78, 5) is 0. The highest BCUT2D eigenvalue weighted by Crippen LogP contribution is 2.46. The van der Waals surface area contributed by atoms with Crippen LogP contribution in [0.5, 0.6) is 0 Å². The van der Waals surface area contributed by atoms with Gasteiger partial charge in [-0.05, 0) is 25.7 Å². The van der Waals surface area contributed by atoms with E-state index in [2.05, 4.69) is 0 Å². The number of halogens is 4. The summed E-state index contributed by atoms with van der Waals surface area (Å²) in [5.41, 5.74) is 3.12. The van der Waals surface area contributed by atoms with Crippen LogP contribution >= 0.6 is 12.4 Å². The minimum atomic E-state index is -4.24. The lowest BCUT2D eigenvalue weighted by molar-refractivity contribution is -0.186. The summed E-state index contributed by atoms with van der Waals surface area (Å²) in [5.74, 6) is -0.340. The van der Waals surface area contributed by atoms with Crippen molar-refractivity contribution in [3.05, 3.63) is 0 Å². The zero-order valence-electron chi connectivity index (χ0n) is 6.11. The zero-order chi connectivity index (χ0) is 7.99. The summed E-state index contributed by atoms with van der Waals surface area (Å²) < 4.78 is 36.0. The lowest BCUT2D eigenvalue weighted by Gasteiger charge is -2.27. The SMILES string of the molecule is CC(N)(C1CC1)C(F)(F)F.Cl. The second-order valence-corrected chi connectivity index (χ2v) is 3.05. The summed E-state index contributed by atoms with van der Waals surface area (Å²) in [6, 6.07) is 0. The molecule has 1 saturated carbocycles. The minimum Gasteiger partial charge on any atom is -0.318 e. The second kappa shape index (κ2) is 2.83. The number of rotatable bonds is 1. The lowest BCUT2D eigenvalue weighted by Crippen LogP contribution is -2.52. The van der Waals surface area contributed by atoms with Gasteiger partial charge in [-0.3, -0.25) is 0 Å². The summed E-state index contributed by atoms with van der Waals surface area (Å²) in [6.45, 7) is 1.06. The maximum absolute atomic E-state index is 12.0. The van der Waals surface area contributed by atoms with E-state index in [1.165, 1.54) is 0 Å². The molecule has 2 N–H and O–H groups in total. The molecule has 11 heavy (non-hydrogen) atoms. The zero-order valence-corrected chi connectivity index (χ0v) is 6.93. The number of alkyl halides is 3. The molecule has 1 aliphatic rings. The summed E-state index contributed by atoms with van der Waals surface area (Å²) in [7, 11) is 0. The Bertz CT molecular complexity index is 139. The fraction of sp³-hybridized carbons (Fsp3) is 1.00. The first-order valence-corrected chi connectivity index (χ1v) is 3.21. The Hall–Kier alpha value is 0.0400. The molecular weight excluding hydrogens is 179 g/mol. The molecule has 5 heteroatoms. The first-order chi connectivity index (χ1) is 4.36. The van der Waals surface area contributed by atoms with E-state index >= 15 is 0 Å². The first-order valence-electron chi connectivity index (χ1n) is 3.21. The molecule has 1 atom stereocenters. The van der Waals surface area contributed by atoms with Gasteiger partial charge in [-0.2, -0.15) is 13.2 Å². The lowest BCUT2D eigenvalue weighted by atomic mass is 9.97. The van der Waals surface area contributed by atoms with E-state index in [0.29, 0.717) is 12.8 Å². The van der Waals surface area contributed by atoms with Gasteiger partial charge in [0, 0.05) is 0 Å². The molecular formula is C6H11ClF3N. The topological polar surface area (TPSA) is 26.0 Å². The van der Waals surface area contributed by atoms with E-state index in [1.54, 1.807) is 0 Å². The van der Waals surface area contributed by atoms with Gasteiger partial charge in [0.1, 0.15) is 5.54 Å². The van der Waals surface area contributed by atoms with Crippen molar-refractivity contribution in [2.75, 3.05) is 0 Å². The van der Waals surface area contributed by atoms with E-state index in [4.69, 9.17) is 5.73 Å². The Morgan fingerprint density at radius 2 is 1.64 bits per heavy atom. The van der Waals surface area contributed by atoms with Gasteiger partial charge in [0.15, 0.2) is 0 Å². The van der Waals surface area contributed by atoms with Crippen molar-refractivity contribution in [2.24, 2.45) is 11.7 Å². The quantitative estimate of drug-likeness (QED) is 0.672. The molecule has 0 aromatic rings. The van der Waals surface area contributed by atoms with E-state index in [9.17, 15) is 13.2 Å². The highest BCUT2D eigenvalue weighted by atomic mass is 35.5. The fourth-order valence-electron chi connectivity index (χ4n) is 0.914. The van der Waals surface area contributed by atoms with E-state index < -0.39 is 11.7 Å². The molecule has 0 spiro atoms. The van der Waals surface area contributed by atoms with Crippen molar-refractivity contribution in [1.82, 2.24) is 0 Å². The largest absolute Gasteiger partial charge is 0.406 e. The third kappa shape index (κ3) is 1.99. The second-order valence-electron chi connectivity index (χ2n) is 3.05. The van der Waals surface area contributed by atoms with Crippen molar-refractivity contribution in [1.29, 1.82) is 0 Å². The van der Waals surface area contributed by atoms with Crippen LogP contribution < -0.4 is 5.73 Å². The molecule has 68 valence electrons. The molecule has 1 unspecified atom stereocenters. The van der Waals surface area contributed by atoms with Crippen molar-refractivity contribution in [3.8, 4) is 0 Å². The Morgan fingerprint density at radius 1 is 1.27 bits per heavy atom. The average molecular weight is 190 g/mol. The Labute approximate surface area is 69.5 Å². The molecule has 0 radical (unpaired) electrons. The highest BCUT2D eigenvalue weighted by Gasteiger charge is 2.56. The number of hydrogen-bond acceptors (Lipinski definition) is 1. The van der Waals surface area contributed by atoms with E-state index in [0.717, 1.165) is 6.92 Å². The summed E-state index contributed by atoms with van der Waals surface area (Å²) in [5, 5.41) is 0. The average Bonchev–Trinajstić information content (AvgIpc) is 2.38. The van der Waals surface area contributed by atoms with Crippen LogP contribution in [0.1, 0.15) is 19.8 Å². The Kier molecular flexibility index (Phi) is 2.84. The van der Waals surface area contributed by atoms with Crippen LogP contribution in [0.25, 0.3) is 0 Å². The molecule has 1 fully saturated rings. The van der Waals surface area contributed by atoms with Crippen LogP contribution in [0.15, 0.2) is 0 Å². The first kappa shape index (κ1) is 11.0. The third-order valence-electron chi connectivity index (χ3n) is 2.04. The van der Waals surface area contributed by atoms with Crippen LogP contribution in [-0.2, 0) is 0 Å². The van der Waals surface area contributed by atoms with Crippen molar-refractivity contribution in [2.45, 2.75) is 31.5 Å². The molecule has 0 aromatic carbocycles. The summed E-state index contributed by atoms with van der Waals surface area (Å²) >= 11 is 0. The predicted octanol–water partition coefficient (Wildman–Crippen LogP) is 2.10. The van der Waals surface area contributed by atoms with Crippen molar-refractivity contribution in [3.63, 3.8) is 0 Å². The van der Waals surface area contributed by atoms with Crippen LogP contribution in [-0.4, -0.2) is 11.7 Å². The fourth-order valence-corrected chi connectivity index (χ4v) is 0.914. The highest BCUT2D eigenvalue weighted by molar-refractivity contribution is 5.85. The maximum Gasteiger partial charge on any atom is 0.406 e. The van der Waals surface area contributed by atoms with Crippen molar-refractivity contribution < 1.29 is 13.2 Å². The Balaban J connectivity index is 0.000001000. The van der Waals surface area contributed by atoms with E-state index in [1.807, 2.05) is 0 Å². The van der Waals surface area contributed by atoms with Crippen molar-refractivity contribution >= 4 is 12.4 Å². The minimum absolute atomic E-state index is 0. The molecule has 0 heterocycles. The van der Waals surface area contributed by atoms with Gasteiger partial charge >= 0.3 is 6.18 Å². The molecule has 0 aliphatic heterocycles.